The van der Waals surface area contributed by atoms with Gasteiger partial charge in [0.1, 0.15) is 6.04 Å². The molecular formula is C11H21N3O4. The molecule has 0 aliphatic rings. The Morgan fingerprint density at radius 3 is 2.33 bits per heavy atom. The van der Waals surface area contributed by atoms with E-state index in [0.29, 0.717) is 6.42 Å². The van der Waals surface area contributed by atoms with Crippen LogP contribution in [0.1, 0.15) is 39.0 Å². The van der Waals surface area contributed by atoms with Crippen molar-refractivity contribution in [1.29, 1.82) is 0 Å². The zero-order valence-corrected chi connectivity index (χ0v) is 10.5. The van der Waals surface area contributed by atoms with Crippen LogP contribution in [0, 0.1) is 0 Å². The van der Waals surface area contributed by atoms with Gasteiger partial charge in [0.25, 0.3) is 0 Å². The van der Waals surface area contributed by atoms with Crippen molar-refractivity contribution >= 4 is 17.8 Å². The van der Waals surface area contributed by atoms with E-state index in [1.54, 1.807) is 0 Å². The third-order valence-electron chi connectivity index (χ3n) is 2.42. The van der Waals surface area contributed by atoms with Crippen LogP contribution >= 0.6 is 0 Å². The SMILES string of the molecule is CCCC(N)CC(=O)NC(CCC(N)=O)C(=O)O. The van der Waals surface area contributed by atoms with Gasteiger partial charge in [-0.1, -0.05) is 13.3 Å². The summed E-state index contributed by atoms with van der Waals surface area (Å²) in [6, 6.07) is -1.38. The number of primary amides is 1. The second-order valence-electron chi connectivity index (χ2n) is 4.22. The molecule has 0 bridgehead atoms. The molecule has 0 aliphatic heterocycles. The van der Waals surface area contributed by atoms with E-state index >= 15 is 0 Å². The summed E-state index contributed by atoms with van der Waals surface area (Å²) >= 11 is 0. The van der Waals surface area contributed by atoms with Crippen LogP contribution in [0.2, 0.25) is 0 Å². The monoisotopic (exact) mass is 259 g/mol. The van der Waals surface area contributed by atoms with Crippen molar-refractivity contribution in [3.63, 3.8) is 0 Å². The van der Waals surface area contributed by atoms with E-state index < -0.39 is 23.8 Å². The standard InChI is InChI=1S/C11H21N3O4/c1-2-3-7(12)6-10(16)14-8(11(17)18)4-5-9(13)15/h7-8H,2-6,12H2,1H3,(H2,13,15)(H,14,16)(H,17,18). The van der Waals surface area contributed by atoms with E-state index in [1.807, 2.05) is 6.92 Å². The summed E-state index contributed by atoms with van der Waals surface area (Å²) in [5, 5.41) is 11.2. The molecule has 0 saturated heterocycles. The highest BCUT2D eigenvalue weighted by atomic mass is 16.4. The lowest BCUT2D eigenvalue weighted by Crippen LogP contribution is -2.43. The van der Waals surface area contributed by atoms with Crippen LogP contribution in [-0.2, 0) is 14.4 Å². The van der Waals surface area contributed by atoms with E-state index in [-0.39, 0.29) is 25.3 Å². The van der Waals surface area contributed by atoms with Gasteiger partial charge in [-0.3, -0.25) is 9.59 Å². The summed E-state index contributed by atoms with van der Waals surface area (Å²) in [5.41, 5.74) is 10.6. The van der Waals surface area contributed by atoms with Crippen LogP contribution < -0.4 is 16.8 Å². The fourth-order valence-electron chi connectivity index (χ4n) is 1.51. The van der Waals surface area contributed by atoms with Gasteiger partial charge in [0.05, 0.1) is 0 Å². The van der Waals surface area contributed by atoms with Crippen molar-refractivity contribution in [2.75, 3.05) is 0 Å². The Morgan fingerprint density at radius 2 is 1.89 bits per heavy atom. The minimum Gasteiger partial charge on any atom is -0.480 e. The molecule has 0 heterocycles. The number of nitrogens with one attached hydrogen (secondary N) is 1. The zero-order valence-electron chi connectivity index (χ0n) is 10.5. The van der Waals surface area contributed by atoms with Gasteiger partial charge in [-0.25, -0.2) is 4.79 Å². The van der Waals surface area contributed by atoms with Gasteiger partial charge in [0.2, 0.25) is 11.8 Å². The average molecular weight is 259 g/mol. The highest BCUT2D eigenvalue weighted by molar-refractivity contribution is 5.84. The van der Waals surface area contributed by atoms with Crippen LogP contribution in [0.15, 0.2) is 0 Å². The molecule has 0 aliphatic carbocycles. The second-order valence-corrected chi connectivity index (χ2v) is 4.22. The van der Waals surface area contributed by atoms with E-state index in [2.05, 4.69) is 5.32 Å². The third-order valence-corrected chi connectivity index (χ3v) is 2.42. The fraction of sp³-hybridized carbons (Fsp3) is 0.727. The highest BCUT2D eigenvalue weighted by Crippen LogP contribution is 2.01. The van der Waals surface area contributed by atoms with Crippen LogP contribution in [0.4, 0.5) is 0 Å². The Kier molecular flexibility index (Phi) is 7.69. The maximum Gasteiger partial charge on any atom is 0.326 e. The number of amides is 2. The molecule has 0 spiro atoms. The third kappa shape index (κ3) is 7.61. The quantitative estimate of drug-likeness (QED) is 0.436. The lowest BCUT2D eigenvalue weighted by Gasteiger charge is -2.15. The Balaban J connectivity index is 4.19. The molecule has 0 aromatic rings. The molecule has 6 N–H and O–H groups in total. The number of rotatable bonds is 9. The fourth-order valence-corrected chi connectivity index (χ4v) is 1.51. The maximum absolute atomic E-state index is 11.5. The molecule has 0 fully saturated rings. The van der Waals surface area contributed by atoms with Crippen molar-refractivity contribution in [3.8, 4) is 0 Å². The summed E-state index contributed by atoms with van der Waals surface area (Å²) < 4.78 is 0. The first-order valence-electron chi connectivity index (χ1n) is 5.92. The van der Waals surface area contributed by atoms with Gasteiger partial charge in [-0.15, -0.1) is 0 Å². The van der Waals surface area contributed by atoms with Crippen LogP contribution in [0.25, 0.3) is 0 Å². The van der Waals surface area contributed by atoms with Gasteiger partial charge in [-0.2, -0.15) is 0 Å². The minimum absolute atomic E-state index is 0.0145. The molecule has 7 nitrogen and oxygen atoms in total. The molecule has 0 aromatic heterocycles. The predicted octanol–water partition coefficient (Wildman–Crippen LogP) is -0.661. The Bertz CT molecular complexity index is 307. The molecule has 0 radical (unpaired) electrons. The molecule has 0 rings (SSSR count). The second kappa shape index (κ2) is 8.46. The Labute approximate surface area is 106 Å². The minimum atomic E-state index is -1.19. The molecule has 7 heteroatoms. The van der Waals surface area contributed by atoms with Gasteiger partial charge >= 0.3 is 5.97 Å². The number of aliphatic carboxylic acids is 1. The van der Waals surface area contributed by atoms with E-state index in [9.17, 15) is 14.4 Å². The molecule has 0 aromatic carbocycles. The molecule has 18 heavy (non-hydrogen) atoms. The summed E-state index contributed by atoms with van der Waals surface area (Å²) in [6.45, 7) is 1.95. The Hall–Kier alpha value is -1.63. The topological polar surface area (TPSA) is 136 Å². The lowest BCUT2D eigenvalue weighted by atomic mass is 10.1. The van der Waals surface area contributed by atoms with Gasteiger partial charge < -0.3 is 21.9 Å². The summed E-state index contributed by atoms with van der Waals surface area (Å²) in [4.78, 5) is 32.9. The average Bonchev–Trinajstić information content (AvgIpc) is 2.23. The molecule has 0 saturated carbocycles. The molecule has 2 unspecified atom stereocenters. The first-order chi connectivity index (χ1) is 8.36. The van der Waals surface area contributed by atoms with E-state index in [0.717, 1.165) is 6.42 Å². The molecule has 2 amide bonds. The van der Waals surface area contributed by atoms with E-state index in [1.165, 1.54) is 0 Å². The summed E-state index contributed by atoms with van der Waals surface area (Å²) in [6.07, 6.45) is 1.54. The number of carboxylic acids is 1. The highest BCUT2D eigenvalue weighted by Gasteiger charge is 2.21. The number of carboxylic acid groups (broad SMARTS) is 1. The molecular weight excluding hydrogens is 238 g/mol. The maximum atomic E-state index is 11.5. The van der Waals surface area contributed by atoms with Crippen molar-refractivity contribution in [2.45, 2.75) is 51.1 Å². The van der Waals surface area contributed by atoms with Crippen LogP contribution in [0.5, 0.6) is 0 Å². The largest absolute Gasteiger partial charge is 0.480 e. The van der Waals surface area contributed by atoms with Crippen molar-refractivity contribution < 1.29 is 19.5 Å². The summed E-state index contributed by atoms with van der Waals surface area (Å²) in [7, 11) is 0. The van der Waals surface area contributed by atoms with Gasteiger partial charge in [-0.05, 0) is 12.8 Å². The van der Waals surface area contributed by atoms with Gasteiger partial charge in [0.15, 0.2) is 0 Å². The smallest absolute Gasteiger partial charge is 0.326 e. The Morgan fingerprint density at radius 1 is 1.28 bits per heavy atom. The number of carbonyl (C=O) groups is 3. The van der Waals surface area contributed by atoms with Crippen LogP contribution in [-0.4, -0.2) is 35.0 Å². The molecule has 2 atom stereocenters. The number of nitrogens with two attached hydrogens (primary N) is 2. The first-order valence-corrected chi connectivity index (χ1v) is 5.92. The van der Waals surface area contributed by atoms with Gasteiger partial charge in [0, 0.05) is 18.9 Å². The number of carbonyl (C=O) groups excluding carboxylic acids is 2. The van der Waals surface area contributed by atoms with Crippen LogP contribution in [0.3, 0.4) is 0 Å². The van der Waals surface area contributed by atoms with Crippen molar-refractivity contribution in [3.05, 3.63) is 0 Å². The lowest BCUT2D eigenvalue weighted by molar-refractivity contribution is -0.142. The molecule has 104 valence electrons. The predicted molar refractivity (Wildman–Crippen MR) is 65.5 cm³/mol. The number of hydrogen-bond donors (Lipinski definition) is 4. The summed E-state index contributed by atoms with van der Waals surface area (Å²) in [5.74, 6) is -2.21. The van der Waals surface area contributed by atoms with Crippen molar-refractivity contribution in [2.24, 2.45) is 11.5 Å². The van der Waals surface area contributed by atoms with Crippen molar-refractivity contribution in [1.82, 2.24) is 5.32 Å². The van der Waals surface area contributed by atoms with E-state index in [4.69, 9.17) is 16.6 Å². The zero-order chi connectivity index (χ0) is 14.1. The normalized spacial score (nSPS) is 13.7. The first kappa shape index (κ1) is 16.4. The number of hydrogen-bond acceptors (Lipinski definition) is 4.